The van der Waals surface area contributed by atoms with E-state index in [1.807, 2.05) is 25.4 Å². The van der Waals surface area contributed by atoms with Gasteiger partial charge in [0.25, 0.3) is 0 Å². The molecule has 2 heterocycles. The lowest BCUT2D eigenvalue weighted by Crippen LogP contribution is -2.18. The van der Waals surface area contributed by atoms with Crippen molar-refractivity contribution in [2.75, 3.05) is 0 Å². The van der Waals surface area contributed by atoms with Crippen LogP contribution in [0.15, 0.2) is 18.5 Å². The van der Waals surface area contributed by atoms with E-state index in [-0.39, 0.29) is 6.04 Å². The number of rotatable bonds is 4. The molecule has 6 nitrogen and oxygen atoms in total. The molecule has 0 saturated heterocycles. The molecule has 0 aromatic carbocycles. The largest absolute Gasteiger partial charge is 0.367 e. The van der Waals surface area contributed by atoms with Gasteiger partial charge in [0, 0.05) is 18.9 Å². The van der Waals surface area contributed by atoms with Gasteiger partial charge in [0.1, 0.15) is 0 Å². The maximum Gasteiger partial charge on any atom is 0.191 e. The summed E-state index contributed by atoms with van der Waals surface area (Å²) >= 11 is 0. The summed E-state index contributed by atoms with van der Waals surface area (Å²) in [6.45, 7) is 2.79. The Labute approximate surface area is 81.1 Å². The number of aromatic nitrogens is 5. The SMILES string of the molecule is CC(NCc1cc[nH]c1)c1nn[nH]n1. The number of nitrogens with one attached hydrogen (secondary N) is 3. The highest BCUT2D eigenvalue weighted by molar-refractivity contribution is 5.08. The van der Waals surface area contributed by atoms with Crippen LogP contribution < -0.4 is 5.32 Å². The minimum atomic E-state index is 0.101. The first-order valence-electron chi connectivity index (χ1n) is 4.44. The maximum absolute atomic E-state index is 3.90. The number of hydrogen-bond donors (Lipinski definition) is 3. The standard InChI is InChI=1S/C8H12N6/c1-6(8-11-13-14-12-8)10-5-7-2-3-9-4-7/h2-4,6,9-10H,5H2,1H3,(H,11,12,13,14). The monoisotopic (exact) mass is 192 g/mol. The van der Waals surface area contributed by atoms with E-state index >= 15 is 0 Å². The normalized spacial score (nSPS) is 12.9. The van der Waals surface area contributed by atoms with Crippen molar-refractivity contribution in [2.24, 2.45) is 0 Å². The molecule has 14 heavy (non-hydrogen) atoms. The lowest BCUT2D eigenvalue weighted by atomic mass is 10.3. The third-order valence-corrected chi connectivity index (χ3v) is 2.02. The van der Waals surface area contributed by atoms with Crippen LogP contribution >= 0.6 is 0 Å². The Kier molecular flexibility index (Phi) is 2.55. The highest BCUT2D eigenvalue weighted by Gasteiger charge is 2.08. The van der Waals surface area contributed by atoms with Gasteiger partial charge in [0.2, 0.25) is 0 Å². The van der Waals surface area contributed by atoms with E-state index in [1.165, 1.54) is 5.56 Å². The zero-order valence-corrected chi connectivity index (χ0v) is 7.86. The van der Waals surface area contributed by atoms with E-state index in [1.54, 1.807) is 0 Å². The highest BCUT2D eigenvalue weighted by Crippen LogP contribution is 2.05. The average Bonchev–Trinajstić information content (AvgIpc) is 2.87. The van der Waals surface area contributed by atoms with Gasteiger partial charge in [-0.1, -0.05) is 5.21 Å². The van der Waals surface area contributed by atoms with Crippen LogP contribution in [0.3, 0.4) is 0 Å². The number of aromatic amines is 2. The lowest BCUT2D eigenvalue weighted by Gasteiger charge is -2.07. The van der Waals surface area contributed by atoms with Crippen molar-refractivity contribution in [1.29, 1.82) is 0 Å². The molecule has 74 valence electrons. The van der Waals surface area contributed by atoms with Crippen molar-refractivity contribution in [3.8, 4) is 0 Å². The van der Waals surface area contributed by atoms with Gasteiger partial charge in [0.05, 0.1) is 6.04 Å². The van der Waals surface area contributed by atoms with E-state index in [0.29, 0.717) is 5.82 Å². The third-order valence-electron chi connectivity index (χ3n) is 2.02. The first-order chi connectivity index (χ1) is 6.86. The second-order valence-corrected chi connectivity index (χ2v) is 3.09. The molecule has 3 N–H and O–H groups in total. The molecule has 1 atom stereocenters. The summed E-state index contributed by atoms with van der Waals surface area (Å²) in [5.41, 5.74) is 1.21. The van der Waals surface area contributed by atoms with Gasteiger partial charge in [-0.3, -0.25) is 0 Å². The Bertz CT molecular complexity index is 351. The zero-order chi connectivity index (χ0) is 9.80. The van der Waals surface area contributed by atoms with Gasteiger partial charge >= 0.3 is 0 Å². The molecular weight excluding hydrogens is 180 g/mol. The van der Waals surface area contributed by atoms with E-state index < -0.39 is 0 Å². The Hall–Kier alpha value is -1.69. The van der Waals surface area contributed by atoms with Crippen LogP contribution in [0, 0.1) is 0 Å². The van der Waals surface area contributed by atoms with Crippen LogP contribution in [-0.4, -0.2) is 25.6 Å². The molecule has 2 aromatic heterocycles. The van der Waals surface area contributed by atoms with Crippen LogP contribution in [0.1, 0.15) is 24.4 Å². The van der Waals surface area contributed by atoms with Crippen molar-refractivity contribution in [1.82, 2.24) is 30.9 Å². The first kappa shape index (κ1) is 8.89. The summed E-state index contributed by atoms with van der Waals surface area (Å²) in [7, 11) is 0. The smallest absolute Gasteiger partial charge is 0.191 e. The summed E-state index contributed by atoms with van der Waals surface area (Å²) in [4.78, 5) is 3.00. The Morgan fingerprint density at radius 3 is 3.14 bits per heavy atom. The van der Waals surface area contributed by atoms with E-state index in [4.69, 9.17) is 0 Å². The van der Waals surface area contributed by atoms with E-state index in [9.17, 15) is 0 Å². The van der Waals surface area contributed by atoms with E-state index in [2.05, 4.69) is 30.9 Å². The lowest BCUT2D eigenvalue weighted by molar-refractivity contribution is 0.547. The average molecular weight is 192 g/mol. The topological polar surface area (TPSA) is 82.3 Å². The van der Waals surface area contributed by atoms with E-state index in [0.717, 1.165) is 6.54 Å². The molecule has 0 aliphatic carbocycles. The van der Waals surface area contributed by atoms with Crippen LogP contribution in [0.25, 0.3) is 0 Å². The van der Waals surface area contributed by atoms with Gasteiger partial charge in [-0.25, -0.2) is 0 Å². The Balaban J connectivity index is 1.87. The summed E-state index contributed by atoms with van der Waals surface area (Å²) in [5.74, 6) is 0.681. The molecule has 0 saturated carbocycles. The minimum Gasteiger partial charge on any atom is -0.367 e. The molecule has 0 spiro atoms. The Morgan fingerprint density at radius 1 is 1.57 bits per heavy atom. The molecule has 0 amide bonds. The maximum atomic E-state index is 3.90. The van der Waals surface area contributed by atoms with Gasteiger partial charge in [-0.15, -0.1) is 10.2 Å². The number of hydrogen-bond acceptors (Lipinski definition) is 4. The molecule has 0 radical (unpaired) electrons. The molecule has 0 aliphatic heterocycles. The van der Waals surface area contributed by atoms with Crippen molar-refractivity contribution in [3.63, 3.8) is 0 Å². The number of nitrogens with zero attached hydrogens (tertiary/aromatic N) is 3. The molecule has 6 heteroatoms. The van der Waals surface area contributed by atoms with Crippen LogP contribution in [0.4, 0.5) is 0 Å². The summed E-state index contributed by atoms with van der Waals surface area (Å²) < 4.78 is 0. The van der Waals surface area contributed by atoms with Gasteiger partial charge in [-0.2, -0.15) is 5.21 Å². The van der Waals surface area contributed by atoms with Crippen LogP contribution in [-0.2, 0) is 6.54 Å². The number of tetrazole rings is 1. The molecule has 1 unspecified atom stereocenters. The fraction of sp³-hybridized carbons (Fsp3) is 0.375. The second kappa shape index (κ2) is 4.01. The van der Waals surface area contributed by atoms with Crippen molar-refractivity contribution in [3.05, 3.63) is 29.8 Å². The van der Waals surface area contributed by atoms with Gasteiger partial charge in [0.15, 0.2) is 5.82 Å². The third kappa shape index (κ3) is 1.97. The zero-order valence-electron chi connectivity index (χ0n) is 7.86. The Morgan fingerprint density at radius 2 is 2.50 bits per heavy atom. The summed E-state index contributed by atoms with van der Waals surface area (Å²) in [6, 6.07) is 2.12. The van der Waals surface area contributed by atoms with Crippen LogP contribution in [0.2, 0.25) is 0 Å². The fourth-order valence-corrected chi connectivity index (χ4v) is 1.18. The molecule has 2 rings (SSSR count). The second-order valence-electron chi connectivity index (χ2n) is 3.09. The predicted octanol–water partition coefficient (Wildman–Crippen LogP) is 0.379. The van der Waals surface area contributed by atoms with Crippen molar-refractivity contribution < 1.29 is 0 Å². The van der Waals surface area contributed by atoms with Crippen molar-refractivity contribution >= 4 is 0 Å². The van der Waals surface area contributed by atoms with Gasteiger partial charge in [-0.05, 0) is 18.6 Å². The molecule has 0 bridgehead atoms. The molecular formula is C8H12N6. The summed E-state index contributed by atoms with van der Waals surface area (Å²) in [5, 5.41) is 17.0. The molecule has 0 fully saturated rings. The number of H-pyrrole nitrogens is 2. The van der Waals surface area contributed by atoms with Crippen LogP contribution in [0.5, 0.6) is 0 Å². The summed E-state index contributed by atoms with van der Waals surface area (Å²) in [6.07, 6.45) is 3.85. The van der Waals surface area contributed by atoms with Crippen molar-refractivity contribution in [2.45, 2.75) is 19.5 Å². The minimum absolute atomic E-state index is 0.101. The highest BCUT2D eigenvalue weighted by atomic mass is 15.5. The molecule has 0 aliphatic rings. The quantitative estimate of drug-likeness (QED) is 0.654. The predicted molar refractivity (Wildman–Crippen MR) is 50.2 cm³/mol. The first-order valence-corrected chi connectivity index (χ1v) is 4.44. The fourth-order valence-electron chi connectivity index (χ4n) is 1.18. The molecule has 2 aromatic rings. The van der Waals surface area contributed by atoms with Gasteiger partial charge < -0.3 is 10.3 Å².